The van der Waals surface area contributed by atoms with E-state index in [0.29, 0.717) is 6.79 Å². The van der Waals surface area contributed by atoms with Gasteiger partial charge in [-0.2, -0.15) is 0 Å². The van der Waals surface area contributed by atoms with Gasteiger partial charge in [0.2, 0.25) is 6.79 Å². The SMILES string of the molecule is CCOCCCNc1nc(-c2ccc3c(c2)OCO3)cs1. The standard InChI is InChI=1S/C15H18N2O3S/c1-2-18-7-3-6-16-15-17-12(9-21-15)11-4-5-13-14(8-11)20-10-19-13/h4-5,8-9H,2-3,6-7,10H2,1H3,(H,16,17). The molecule has 1 aromatic heterocycles. The smallest absolute Gasteiger partial charge is 0.231 e. The number of aromatic nitrogens is 1. The van der Waals surface area contributed by atoms with Crippen LogP contribution >= 0.6 is 11.3 Å². The Hall–Kier alpha value is -1.79. The zero-order valence-corrected chi connectivity index (χ0v) is 12.7. The molecule has 21 heavy (non-hydrogen) atoms. The molecule has 112 valence electrons. The normalized spacial score (nSPS) is 12.6. The maximum atomic E-state index is 5.39. The van der Waals surface area contributed by atoms with Crippen LogP contribution in [-0.4, -0.2) is 31.5 Å². The van der Waals surface area contributed by atoms with Crippen LogP contribution in [0.4, 0.5) is 5.13 Å². The van der Waals surface area contributed by atoms with Gasteiger partial charge in [-0.25, -0.2) is 4.98 Å². The van der Waals surface area contributed by atoms with E-state index in [4.69, 9.17) is 14.2 Å². The van der Waals surface area contributed by atoms with Gasteiger partial charge >= 0.3 is 0 Å². The Balaban J connectivity index is 1.59. The van der Waals surface area contributed by atoms with Crippen LogP contribution in [0, 0.1) is 0 Å². The van der Waals surface area contributed by atoms with E-state index >= 15 is 0 Å². The first-order chi connectivity index (χ1) is 10.4. The van der Waals surface area contributed by atoms with Gasteiger partial charge < -0.3 is 19.5 Å². The van der Waals surface area contributed by atoms with Crippen LogP contribution in [0.25, 0.3) is 11.3 Å². The van der Waals surface area contributed by atoms with Crippen molar-refractivity contribution in [3.05, 3.63) is 23.6 Å². The number of nitrogens with one attached hydrogen (secondary N) is 1. The van der Waals surface area contributed by atoms with Crippen molar-refractivity contribution in [3.8, 4) is 22.8 Å². The van der Waals surface area contributed by atoms with Crippen molar-refractivity contribution >= 4 is 16.5 Å². The van der Waals surface area contributed by atoms with Crippen LogP contribution in [0.2, 0.25) is 0 Å². The van der Waals surface area contributed by atoms with E-state index in [1.807, 2.05) is 30.5 Å². The molecule has 0 spiro atoms. The van der Waals surface area contributed by atoms with Crippen LogP contribution in [0.15, 0.2) is 23.6 Å². The van der Waals surface area contributed by atoms with Crippen molar-refractivity contribution in [2.45, 2.75) is 13.3 Å². The van der Waals surface area contributed by atoms with Gasteiger partial charge in [0, 0.05) is 30.7 Å². The third-order valence-electron chi connectivity index (χ3n) is 3.12. The fourth-order valence-electron chi connectivity index (χ4n) is 2.06. The Labute approximate surface area is 127 Å². The Morgan fingerprint density at radius 3 is 3.14 bits per heavy atom. The van der Waals surface area contributed by atoms with Gasteiger partial charge in [-0.15, -0.1) is 11.3 Å². The summed E-state index contributed by atoms with van der Waals surface area (Å²) in [6.07, 6.45) is 0.979. The second-order valence-electron chi connectivity index (χ2n) is 4.58. The highest BCUT2D eigenvalue weighted by molar-refractivity contribution is 7.14. The van der Waals surface area contributed by atoms with Crippen molar-refractivity contribution < 1.29 is 14.2 Å². The summed E-state index contributed by atoms with van der Waals surface area (Å²) >= 11 is 1.61. The molecule has 2 aromatic rings. The first-order valence-corrected chi connectivity index (χ1v) is 7.92. The summed E-state index contributed by atoms with van der Waals surface area (Å²) in [4.78, 5) is 4.59. The Morgan fingerprint density at radius 2 is 2.24 bits per heavy atom. The summed E-state index contributed by atoms with van der Waals surface area (Å²) in [5.74, 6) is 1.58. The van der Waals surface area contributed by atoms with E-state index in [1.54, 1.807) is 11.3 Å². The first-order valence-electron chi connectivity index (χ1n) is 7.04. The van der Waals surface area contributed by atoms with E-state index in [0.717, 1.165) is 54.1 Å². The molecule has 1 aliphatic heterocycles. The molecular formula is C15H18N2O3S. The van der Waals surface area contributed by atoms with Crippen molar-refractivity contribution in [2.75, 3.05) is 31.9 Å². The van der Waals surface area contributed by atoms with E-state index in [-0.39, 0.29) is 0 Å². The summed E-state index contributed by atoms with van der Waals surface area (Å²) in [6.45, 7) is 4.72. The average Bonchev–Trinajstić information content (AvgIpc) is 3.15. The lowest BCUT2D eigenvalue weighted by Gasteiger charge is -2.02. The molecule has 0 atom stereocenters. The number of hydrogen-bond donors (Lipinski definition) is 1. The molecule has 0 saturated heterocycles. The van der Waals surface area contributed by atoms with Gasteiger partial charge in [0.05, 0.1) is 5.69 Å². The minimum atomic E-state index is 0.294. The molecule has 5 nitrogen and oxygen atoms in total. The van der Waals surface area contributed by atoms with Crippen molar-refractivity contribution in [1.29, 1.82) is 0 Å². The number of nitrogens with zero attached hydrogens (tertiary/aromatic N) is 1. The number of anilines is 1. The molecular weight excluding hydrogens is 288 g/mol. The Bertz CT molecular complexity index is 600. The highest BCUT2D eigenvalue weighted by Crippen LogP contribution is 2.36. The minimum absolute atomic E-state index is 0.294. The maximum absolute atomic E-state index is 5.39. The molecule has 0 fully saturated rings. The monoisotopic (exact) mass is 306 g/mol. The predicted molar refractivity (Wildman–Crippen MR) is 83.3 cm³/mol. The number of ether oxygens (including phenoxy) is 3. The van der Waals surface area contributed by atoms with E-state index in [9.17, 15) is 0 Å². The van der Waals surface area contributed by atoms with Crippen LogP contribution in [0.1, 0.15) is 13.3 Å². The third kappa shape index (κ3) is 3.46. The number of hydrogen-bond acceptors (Lipinski definition) is 6. The minimum Gasteiger partial charge on any atom is -0.454 e. The quantitative estimate of drug-likeness (QED) is 0.795. The molecule has 2 heterocycles. The molecule has 1 N–H and O–H groups in total. The van der Waals surface area contributed by atoms with Crippen LogP contribution in [0.5, 0.6) is 11.5 Å². The molecule has 0 aliphatic carbocycles. The molecule has 0 radical (unpaired) electrons. The molecule has 0 bridgehead atoms. The van der Waals surface area contributed by atoms with Crippen LogP contribution in [0.3, 0.4) is 0 Å². The third-order valence-corrected chi connectivity index (χ3v) is 3.92. The lowest BCUT2D eigenvalue weighted by molar-refractivity contribution is 0.147. The van der Waals surface area contributed by atoms with Crippen molar-refractivity contribution in [3.63, 3.8) is 0 Å². The van der Waals surface area contributed by atoms with Crippen molar-refractivity contribution in [2.24, 2.45) is 0 Å². The number of fused-ring (bicyclic) bond motifs is 1. The zero-order valence-electron chi connectivity index (χ0n) is 11.9. The topological polar surface area (TPSA) is 52.6 Å². The van der Waals surface area contributed by atoms with Gasteiger partial charge in [0.1, 0.15) is 0 Å². The average molecular weight is 306 g/mol. The lowest BCUT2D eigenvalue weighted by atomic mass is 10.1. The largest absolute Gasteiger partial charge is 0.454 e. The summed E-state index contributed by atoms with van der Waals surface area (Å²) in [7, 11) is 0. The van der Waals surface area contributed by atoms with Gasteiger partial charge in [0.25, 0.3) is 0 Å². The Morgan fingerprint density at radius 1 is 1.33 bits per heavy atom. The van der Waals surface area contributed by atoms with E-state index in [1.165, 1.54) is 0 Å². The number of benzene rings is 1. The molecule has 1 aromatic carbocycles. The molecule has 1 aliphatic rings. The summed E-state index contributed by atoms with van der Waals surface area (Å²) in [5.41, 5.74) is 1.99. The summed E-state index contributed by atoms with van der Waals surface area (Å²) in [5, 5.41) is 6.29. The number of thiazole rings is 1. The summed E-state index contributed by atoms with van der Waals surface area (Å²) in [6, 6.07) is 5.89. The molecule has 6 heteroatoms. The van der Waals surface area contributed by atoms with Gasteiger partial charge in [-0.05, 0) is 31.5 Å². The first kappa shape index (κ1) is 14.2. The zero-order chi connectivity index (χ0) is 14.5. The van der Waals surface area contributed by atoms with Crippen LogP contribution in [-0.2, 0) is 4.74 Å². The highest BCUT2D eigenvalue weighted by Gasteiger charge is 2.14. The second-order valence-corrected chi connectivity index (χ2v) is 5.44. The van der Waals surface area contributed by atoms with E-state index < -0.39 is 0 Å². The number of rotatable bonds is 7. The fraction of sp³-hybridized carbons (Fsp3) is 0.400. The Kier molecular flexibility index (Phi) is 4.57. The predicted octanol–water partition coefficient (Wildman–Crippen LogP) is 3.38. The van der Waals surface area contributed by atoms with Crippen molar-refractivity contribution in [1.82, 2.24) is 4.98 Å². The van der Waals surface area contributed by atoms with Gasteiger partial charge in [-0.1, -0.05) is 0 Å². The van der Waals surface area contributed by atoms with Gasteiger partial charge in [0.15, 0.2) is 16.6 Å². The van der Waals surface area contributed by atoms with E-state index in [2.05, 4.69) is 10.3 Å². The second kappa shape index (κ2) is 6.78. The molecule has 0 unspecified atom stereocenters. The fourth-order valence-corrected chi connectivity index (χ4v) is 2.81. The maximum Gasteiger partial charge on any atom is 0.231 e. The molecule has 3 rings (SSSR count). The molecule has 0 saturated carbocycles. The van der Waals surface area contributed by atoms with Crippen LogP contribution < -0.4 is 14.8 Å². The summed E-state index contributed by atoms with van der Waals surface area (Å²) < 4.78 is 16.0. The van der Waals surface area contributed by atoms with Gasteiger partial charge in [-0.3, -0.25) is 0 Å². The molecule has 0 amide bonds. The lowest BCUT2D eigenvalue weighted by Crippen LogP contribution is -2.05. The highest BCUT2D eigenvalue weighted by atomic mass is 32.1.